The van der Waals surface area contributed by atoms with E-state index in [0.717, 1.165) is 21.3 Å². The van der Waals surface area contributed by atoms with Gasteiger partial charge in [0.1, 0.15) is 12.4 Å². The maximum atomic E-state index is 6.25. The van der Waals surface area contributed by atoms with Crippen LogP contribution in [0.15, 0.2) is 71.2 Å². The molecular formula is C22H20BrCl2NO. The summed E-state index contributed by atoms with van der Waals surface area (Å²) in [5, 5.41) is 4.77. The Labute approximate surface area is 178 Å². The Morgan fingerprint density at radius 3 is 2.37 bits per heavy atom. The number of rotatable bonds is 7. The Balaban J connectivity index is 1.71. The summed E-state index contributed by atoms with van der Waals surface area (Å²) < 4.78 is 7.06. The molecule has 0 bridgehead atoms. The summed E-state index contributed by atoms with van der Waals surface area (Å²) in [6.45, 7) is 3.15. The van der Waals surface area contributed by atoms with Crippen molar-refractivity contribution in [2.75, 3.05) is 0 Å². The number of benzene rings is 3. The minimum Gasteiger partial charge on any atom is -0.488 e. The summed E-state index contributed by atoms with van der Waals surface area (Å²) in [6, 6.07) is 22.0. The molecule has 0 aliphatic heterocycles. The minimum atomic E-state index is 0.232. The number of hydrogen-bond acceptors (Lipinski definition) is 2. The van der Waals surface area contributed by atoms with Crippen molar-refractivity contribution >= 4 is 39.1 Å². The van der Waals surface area contributed by atoms with E-state index < -0.39 is 0 Å². The summed E-state index contributed by atoms with van der Waals surface area (Å²) in [5.41, 5.74) is 3.11. The second-order valence-electron chi connectivity index (χ2n) is 6.25. The molecule has 0 heterocycles. The molecule has 0 aromatic heterocycles. The Hall–Kier alpha value is -1.52. The second kappa shape index (κ2) is 9.61. The quantitative estimate of drug-likeness (QED) is 0.399. The lowest BCUT2D eigenvalue weighted by atomic mass is 10.1. The molecule has 0 unspecified atom stereocenters. The van der Waals surface area contributed by atoms with Gasteiger partial charge in [-0.25, -0.2) is 0 Å². The molecule has 5 heteroatoms. The standard InChI is InChI=1S/C22H20BrCl2NO/c1-15(16-6-3-2-4-7-16)26-13-17-12-18(23)10-11-22(17)27-14-19-20(24)8-5-9-21(19)25/h2-12,15,26H,13-14H2,1H3/t15-/m0/s1. The van der Waals surface area contributed by atoms with Gasteiger partial charge in [0.15, 0.2) is 0 Å². The van der Waals surface area contributed by atoms with E-state index in [1.165, 1.54) is 5.56 Å². The van der Waals surface area contributed by atoms with Crippen molar-refractivity contribution in [2.45, 2.75) is 26.1 Å². The van der Waals surface area contributed by atoms with Gasteiger partial charge in [0.2, 0.25) is 0 Å². The third-order valence-electron chi connectivity index (χ3n) is 4.35. The highest BCUT2D eigenvalue weighted by Crippen LogP contribution is 2.29. The van der Waals surface area contributed by atoms with Crippen LogP contribution < -0.4 is 10.1 Å². The molecule has 140 valence electrons. The van der Waals surface area contributed by atoms with Crippen LogP contribution in [0.5, 0.6) is 5.75 Å². The molecule has 27 heavy (non-hydrogen) atoms. The van der Waals surface area contributed by atoms with Gasteiger partial charge < -0.3 is 10.1 Å². The molecule has 3 aromatic carbocycles. The van der Waals surface area contributed by atoms with Gasteiger partial charge >= 0.3 is 0 Å². The molecule has 0 spiro atoms. The summed E-state index contributed by atoms with van der Waals surface area (Å²) in [6.07, 6.45) is 0. The topological polar surface area (TPSA) is 21.3 Å². The minimum absolute atomic E-state index is 0.232. The Morgan fingerprint density at radius 2 is 1.67 bits per heavy atom. The molecule has 0 aliphatic rings. The maximum absolute atomic E-state index is 6.25. The van der Waals surface area contributed by atoms with E-state index in [2.05, 4.69) is 58.5 Å². The number of ether oxygens (including phenoxy) is 1. The van der Waals surface area contributed by atoms with E-state index >= 15 is 0 Å². The molecule has 3 aromatic rings. The molecule has 0 amide bonds. The first kappa shape index (κ1) is 20.2. The molecule has 2 nitrogen and oxygen atoms in total. The number of hydrogen-bond donors (Lipinski definition) is 1. The van der Waals surface area contributed by atoms with E-state index in [-0.39, 0.29) is 6.04 Å². The second-order valence-corrected chi connectivity index (χ2v) is 7.98. The van der Waals surface area contributed by atoms with Crippen molar-refractivity contribution < 1.29 is 4.74 Å². The highest BCUT2D eigenvalue weighted by Gasteiger charge is 2.11. The smallest absolute Gasteiger partial charge is 0.124 e. The molecule has 1 atom stereocenters. The summed E-state index contributed by atoms with van der Waals surface area (Å²) in [5.74, 6) is 0.807. The zero-order valence-electron chi connectivity index (χ0n) is 14.9. The van der Waals surface area contributed by atoms with Gasteiger partial charge in [-0.3, -0.25) is 0 Å². The average Bonchev–Trinajstić information content (AvgIpc) is 2.67. The number of halogens is 3. The van der Waals surface area contributed by atoms with Gasteiger partial charge in [-0.1, -0.05) is 75.5 Å². The summed E-state index contributed by atoms with van der Waals surface area (Å²) in [7, 11) is 0. The summed E-state index contributed by atoms with van der Waals surface area (Å²) in [4.78, 5) is 0. The number of nitrogens with one attached hydrogen (secondary N) is 1. The highest BCUT2D eigenvalue weighted by atomic mass is 79.9. The van der Waals surface area contributed by atoms with Crippen LogP contribution in [0.25, 0.3) is 0 Å². The van der Waals surface area contributed by atoms with Crippen molar-refractivity contribution in [3.63, 3.8) is 0 Å². The molecule has 0 saturated heterocycles. The van der Waals surface area contributed by atoms with Crippen molar-refractivity contribution in [1.82, 2.24) is 5.32 Å². The fraction of sp³-hybridized carbons (Fsp3) is 0.182. The van der Waals surface area contributed by atoms with Crippen LogP contribution in [0.1, 0.15) is 29.7 Å². The first-order valence-corrected chi connectivity index (χ1v) is 10.2. The fourth-order valence-corrected chi connectivity index (χ4v) is 3.68. The predicted octanol–water partition coefficient (Wildman–Crippen LogP) is 7.19. The van der Waals surface area contributed by atoms with Crippen LogP contribution in [0.4, 0.5) is 0 Å². The van der Waals surface area contributed by atoms with E-state index in [1.807, 2.05) is 36.4 Å². The first-order valence-electron chi connectivity index (χ1n) is 8.67. The monoisotopic (exact) mass is 463 g/mol. The van der Waals surface area contributed by atoms with Crippen LogP contribution in [0.3, 0.4) is 0 Å². The van der Waals surface area contributed by atoms with E-state index in [1.54, 1.807) is 0 Å². The van der Waals surface area contributed by atoms with Crippen LogP contribution in [0.2, 0.25) is 10.0 Å². The maximum Gasteiger partial charge on any atom is 0.124 e. The van der Waals surface area contributed by atoms with Gasteiger partial charge in [0, 0.05) is 38.2 Å². The fourth-order valence-electron chi connectivity index (χ4n) is 2.77. The lowest BCUT2D eigenvalue weighted by molar-refractivity contribution is 0.302. The van der Waals surface area contributed by atoms with Gasteiger partial charge in [0.25, 0.3) is 0 Å². The van der Waals surface area contributed by atoms with Gasteiger partial charge in [-0.2, -0.15) is 0 Å². The van der Waals surface area contributed by atoms with Gasteiger partial charge in [0.05, 0.1) is 0 Å². The molecule has 0 saturated carbocycles. The van der Waals surface area contributed by atoms with Crippen LogP contribution in [-0.4, -0.2) is 0 Å². The molecule has 0 fully saturated rings. The molecule has 3 rings (SSSR count). The van der Waals surface area contributed by atoms with E-state index in [0.29, 0.717) is 23.2 Å². The SMILES string of the molecule is C[C@H](NCc1cc(Br)ccc1OCc1c(Cl)cccc1Cl)c1ccccc1. The lowest BCUT2D eigenvalue weighted by Gasteiger charge is -2.17. The third-order valence-corrected chi connectivity index (χ3v) is 5.56. The zero-order valence-corrected chi connectivity index (χ0v) is 18.0. The van der Waals surface area contributed by atoms with E-state index in [4.69, 9.17) is 27.9 Å². The molecular weight excluding hydrogens is 445 g/mol. The van der Waals surface area contributed by atoms with Crippen molar-refractivity contribution in [1.29, 1.82) is 0 Å². The highest BCUT2D eigenvalue weighted by molar-refractivity contribution is 9.10. The van der Waals surface area contributed by atoms with Crippen LogP contribution in [0, 0.1) is 0 Å². The zero-order chi connectivity index (χ0) is 19.2. The molecule has 1 N–H and O–H groups in total. The van der Waals surface area contributed by atoms with Crippen LogP contribution >= 0.6 is 39.1 Å². The Morgan fingerprint density at radius 1 is 0.963 bits per heavy atom. The molecule has 0 radical (unpaired) electrons. The van der Waals surface area contributed by atoms with Crippen molar-refractivity contribution in [3.05, 3.63) is 97.9 Å². The third kappa shape index (κ3) is 5.49. The average molecular weight is 465 g/mol. The van der Waals surface area contributed by atoms with Crippen molar-refractivity contribution in [3.8, 4) is 5.75 Å². The van der Waals surface area contributed by atoms with Gasteiger partial charge in [-0.15, -0.1) is 0 Å². The lowest BCUT2D eigenvalue weighted by Crippen LogP contribution is -2.18. The summed E-state index contributed by atoms with van der Waals surface area (Å²) >= 11 is 16.0. The van der Waals surface area contributed by atoms with Crippen LogP contribution in [-0.2, 0) is 13.2 Å². The first-order chi connectivity index (χ1) is 13.0. The molecule has 0 aliphatic carbocycles. The normalized spacial score (nSPS) is 12.0. The van der Waals surface area contributed by atoms with Gasteiger partial charge in [-0.05, 0) is 42.8 Å². The Bertz CT molecular complexity index is 882. The van der Waals surface area contributed by atoms with Crippen molar-refractivity contribution in [2.24, 2.45) is 0 Å². The van der Waals surface area contributed by atoms with E-state index in [9.17, 15) is 0 Å². The predicted molar refractivity (Wildman–Crippen MR) is 117 cm³/mol. The largest absolute Gasteiger partial charge is 0.488 e. The Kier molecular flexibility index (Phi) is 7.20.